The van der Waals surface area contributed by atoms with Crippen molar-refractivity contribution in [1.29, 1.82) is 0 Å². The van der Waals surface area contributed by atoms with E-state index >= 15 is 0 Å². The summed E-state index contributed by atoms with van der Waals surface area (Å²) in [5.74, 6) is 2.30. The summed E-state index contributed by atoms with van der Waals surface area (Å²) in [4.78, 5) is 0. The zero-order chi connectivity index (χ0) is 15.5. The smallest absolute Gasteiger partial charge is 0.115 e. The van der Waals surface area contributed by atoms with E-state index in [0.29, 0.717) is 23.5 Å². The van der Waals surface area contributed by atoms with Gasteiger partial charge in [-0.2, -0.15) is 0 Å². The molecule has 3 aliphatic rings. The molecule has 6 atom stereocenters. The summed E-state index contributed by atoms with van der Waals surface area (Å²) in [6.07, 6.45) is 5.39. The molecular weight excluding hydrogens is 274 g/mol. The van der Waals surface area contributed by atoms with E-state index in [-0.39, 0.29) is 17.6 Å². The predicted molar refractivity (Wildman–Crippen MR) is 87.0 cm³/mol. The predicted octanol–water partition coefficient (Wildman–Crippen LogP) is 2.81. The number of aliphatic hydroxyl groups is 1. The molecule has 3 aliphatic carbocycles. The molecule has 3 heteroatoms. The third-order valence-electron chi connectivity index (χ3n) is 7.05. The SMILES string of the molecule is CN[C@H]1[C@H](O)C[C@H]2[C@@H]3CCc4cc(O)ccc4[C@H]3CC[C@@]21C. The molecule has 2 fully saturated rings. The van der Waals surface area contributed by atoms with Gasteiger partial charge in [-0.1, -0.05) is 13.0 Å². The maximum Gasteiger partial charge on any atom is 0.115 e. The van der Waals surface area contributed by atoms with E-state index in [0.717, 1.165) is 12.8 Å². The zero-order valence-electron chi connectivity index (χ0n) is 13.5. The van der Waals surface area contributed by atoms with Gasteiger partial charge >= 0.3 is 0 Å². The number of hydrogen-bond donors (Lipinski definition) is 3. The van der Waals surface area contributed by atoms with Crippen molar-refractivity contribution in [3.05, 3.63) is 29.3 Å². The van der Waals surface area contributed by atoms with Crippen LogP contribution in [0.2, 0.25) is 0 Å². The number of rotatable bonds is 1. The lowest BCUT2D eigenvalue weighted by atomic mass is 9.55. The summed E-state index contributed by atoms with van der Waals surface area (Å²) in [6, 6.07) is 6.18. The van der Waals surface area contributed by atoms with E-state index in [1.807, 2.05) is 19.2 Å². The number of aryl methyl sites for hydroxylation is 1. The molecule has 4 rings (SSSR count). The third-order valence-corrected chi connectivity index (χ3v) is 7.05. The summed E-state index contributed by atoms with van der Waals surface area (Å²) in [7, 11) is 1.99. The number of nitrogens with one attached hydrogen (secondary N) is 1. The molecule has 1 aromatic carbocycles. The fourth-order valence-electron chi connectivity index (χ4n) is 6.10. The van der Waals surface area contributed by atoms with Crippen LogP contribution in [0.25, 0.3) is 0 Å². The molecule has 3 N–H and O–H groups in total. The molecule has 0 heterocycles. The van der Waals surface area contributed by atoms with Crippen LogP contribution in [0.3, 0.4) is 0 Å². The van der Waals surface area contributed by atoms with Crippen LogP contribution in [0.4, 0.5) is 0 Å². The topological polar surface area (TPSA) is 52.5 Å². The van der Waals surface area contributed by atoms with Gasteiger partial charge in [0.2, 0.25) is 0 Å². The first-order valence-corrected chi connectivity index (χ1v) is 8.71. The molecule has 0 spiro atoms. The van der Waals surface area contributed by atoms with Crippen LogP contribution < -0.4 is 5.32 Å². The van der Waals surface area contributed by atoms with E-state index in [2.05, 4.69) is 18.3 Å². The Balaban J connectivity index is 1.69. The Kier molecular flexibility index (Phi) is 3.28. The first kappa shape index (κ1) is 14.5. The van der Waals surface area contributed by atoms with E-state index in [9.17, 15) is 10.2 Å². The standard InChI is InChI=1S/C19H27NO2/c1-19-8-7-14-13-6-4-12(21)9-11(13)3-5-15(14)16(19)10-17(22)18(19)20-2/h4,6,9,14-18,20-22H,3,5,7-8,10H2,1-2H3/t14-,15-,16+,17-,18+,19+/m1/s1. The van der Waals surface area contributed by atoms with Gasteiger partial charge in [-0.15, -0.1) is 0 Å². The van der Waals surface area contributed by atoms with Gasteiger partial charge in [0.05, 0.1) is 6.10 Å². The molecule has 22 heavy (non-hydrogen) atoms. The largest absolute Gasteiger partial charge is 0.508 e. The Hall–Kier alpha value is -1.06. The molecule has 0 aromatic heterocycles. The van der Waals surface area contributed by atoms with Crippen molar-refractivity contribution in [3.8, 4) is 5.75 Å². The van der Waals surface area contributed by atoms with Crippen LogP contribution >= 0.6 is 0 Å². The minimum atomic E-state index is -0.208. The highest BCUT2D eigenvalue weighted by Crippen LogP contribution is 2.60. The van der Waals surface area contributed by atoms with Gasteiger partial charge in [0, 0.05) is 6.04 Å². The van der Waals surface area contributed by atoms with Gasteiger partial charge in [0.15, 0.2) is 0 Å². The average molecular weight is 301 g/mol. The van der Waals surface area contributed by atoms with Crippen molar-refractivity contribution in [2.45, 2.75) is 57.1 Å². The number of hydrogen-bond acceptors (Lipinski definition) is 3. The second-order valence-electron chi connectivity index (χ2n) is 7.91. The Labute approximate surface area is 132 Å². The maximum absolute atomic E-state index is 10.5. The second kappa shape index (κ2) is 4.97. The molecule has 0 bridgehead atoms. The normalized spacial score (nSPS) is 43.3. The lowest BCUT2D eigenvalue weighted by molar-refractivity contribution is 0.0382. The zero-order valence-corrected chi connectivity index (χ0v) is 13.5. The number of benzene rings is 1. The summed E-state index contributed by atoms with van der Waals surface area (Å²) in [5.41, 5.74) is 3.02. The second-order valence-corrected chi connectivity index (χ2v) is 7.91. The first-order chi connectivity index (χ1) is 10.5. The fraction of sp³-hybridized carbons (Fsp3) is 0.684. The van der Waals surface area contributed by atoms with Crippen molar-refractivity contribution in [3.63, 3.8) is 0 Å². The van der Waals surface area contributed by atoms with Crippen molar-refractivity contribution in [2.24, 2.45) is 17.3 Å². The number of aliphatic hydroxyl groups excluding tert-OH is 1. The van der Waals surface area contributed by atoms with Crippen LogP contribution in [-0.4, -0.2) is 29.4 Å². The maximum atomic E-state index is 10.5. The molecule has 0 unspecified atom stereocenters. The van der Waals surface area contributed by atoms with Gasteiger partial charge in [0.25, 0.3) is 0 Å². The van der Waals surface area contributed by atoms with E-state index in [4.69, 9.17) is 0 Å². The molecule has 0 saturated heterocycles. The fourth-order valence-corrected chi connectivity index (χ4v) is 6.10. The number of phenols is 1. The summed E-state index contributed by atoms with van der Waals surface area (Å²) >= 11 is 0. The number of fused-ring (bicyclic) bond motifs is 5. The van der Waals surface area contributed by atoms with Crippen LogP contribution in [0.1, 0.15) is 49.7 Å². The Morgan fingerprint density at radius 2 is 2.09 bits per heavy atom. The first-order valence-electron chi connectivity index (χ1n) is 8.71. The van der Waals surface area contributed by atoms with Gasteiger partial charge in [-0.05, 0) is 85.6 Å². The minimum Gasteiger partial charge on any atom is -0.508 e. The summed E-state index contributed by atoms with van der Waals surface area (Å²) < 4.78 is 0. The molecule has 0 radical (unpaired) electrons. The number of phenolic OH excluding ortho intramolecular Hbond substituents is 1. The number of likely N-dealkylation sites (N-methyl/N-ethyl adjacent to an activating group) is 1. The quantitative estimate of drug-likeness (QED) is 0.747. The van der Waals surface area contributed by atoms with Crippen molar-refractivity contribution >= 4 is 0 Å². The van der Waals surface area contributed by atoms with E-state index in [1.54, 1.807) is 0 Å². The number of aromatic hydroxyl groups is 1. The third kappa shape index (κ3) is 1.88. The monoisotopic (exact) mass is 301 g/mol. The van der Waals surface area contributed by atoms with Gasteiger partial charge in [0.1, 0.15) is 5.75 Å². The van der Waals surface area contributed by atoms with E-state index in [1.165, 1.54) is 30.4 Å². The van der Waals surface area contributed by atoms with Crippen molar-refractivity contribution < 1.29 is 10.2 Å². The highest BCUT2D eigenvalue weighted by Gasteiger charge is 2.57. The highest BCUT2D eigenvalue weighted by molar-refractivity contribution is 5.40. The van der Waals surface area contributed by atoms with Crippen LogP contribution in [-0.2, 0) is 6.42 Å². The van der Waals surface area contributed by atoms with Crippen molar-refractivity contribution in [2.75, 3.05) is 7.05 Å². The summed E-state index contributed by atoms with van der Waals surface area (Å²) in [5, 5.41) is 23.6. The Bertz CT molecular complexity index is 587. The summed E-state index contributed by atoms with van der Waals surface area (Å²) in [6.45, 7) is 2.39. The van der Waals surface area contributed by atoms with Gasteiger partial charge in [-0.25, -0.2) is 0 Å². The molecule has 0 aliphatic heterocycles. The van der Waals surface area contributed by atoms with Gasteiger partial charge in [-0.3, -0.25) is 0 Å². The van der Waals surface area contributed by atoms with Crippen LogP contribution in [0, 0.1) is 17.3 Å². The van der Waals surface area contributed by atoms with E-state index < -0.39 is 0 Å². The van der Waals surface area contributed by atoms with Gasteiger partial charge < -0.3 is 15.5 Å². The average Bonchev–Trinajstić information content (AvgIpc) is 2.76. The molecule has 2 saturated carbocycles. The Morgan fingerprint density at radius 1 is 1.27 bits per heavy atom. The molecule has 3 nitrogen and oxygen atoms in total. The lowest BCUT2D eigenvalue weighted by Crippen LogP contribution is -2.49. The molecule has 1 aromatic rings. The molecular formula is C19H27NO2. The Morgan fingerprint density at radius 3 is 2.86 bits per heavy atom. The molecule has 0 amide bonds. The minimum absolute atomic E-state index is 0.208. The van der Waals surface area contributed by atoms with Crippen LogP contribution in [0.15, 0.2) is 18.2 Å². The highest BCUT2D eigenvalue weighted by atomic mass is 16.3. The lowest BCUT2D eigenvalue weighted by Gasteiger charge is -2.50. The molecule has 120 valence electrons. The van der Waals surface area contributed by atoms with Crippen molar-refractivity contribution in [1.82, 2.24) is 5.32 Å². The van der Waals surface area contributed by atoms with Crippen LogP contribution in [0.5, 0.6) is 5.75 Å².